The number of anilines is 2. The highest BCUT2D eigenvalue weighted by molar-refractivity contribution is 6.76. The summed E-state index contributed by atoms with van der Waals surface area (Å²) in [5.74, 6) is -3.07. The van der Waals surface area contributed by atoms with Gasteiger partial charge in [0.2, 0.25) is 0 Å². The van der Waals surface area contributed by atoms with Crippen LogP contribution in [0.5, 0.6) is 11.5 Å². The number of hydrogen-bond donors (Lipinski definition) is 2. The normalized spacial score (nSPS) is 11.4. The number of carbonyl (C=O) groups excluding carboxylic acids is 3. The minimum absolute atomic E-state index is 0.00308. The molecule has 3 amide bonds. The Morgan fingerprint density at radius 2 is 1.42 bits per heavy atom. The maximum atomic E-state index is 16.5. The van der Waals surface area contributed by atoms with Gasteiger partial charge in [0.15, 0.2) is 5.82 Å². The van der Waals surface area contributed by atoms with E-state index < -0.39 is 61.9 Å². The molecule has 18 heteroatoms. The van der Waals surface area contributed by atoms with Crippen LogP contribution in [0.25, 0.3) is 11.4 Å². The molecule has 0 radical (unpaired) electrons. The molecule has 2 aromatic heterocycles. The highest BCUT2D eigenvalue weighted by Crippen LogP contribution is 2.41. The summed E-state index contributed by atoms with van der Waals surface area (Å²) in [5.41, 5.74) is -3.81. The van der Waals surface area contributed by atoms with Crippen LogP contribution in [0, 0.1) is 12.7 Å². The van der Waals surface area contributed by atoms with Gasteiger partial charge < -0.3 is 24.4 Å². The minimum Gasteiger partial charge on any atom is -0.497 e. The lowest BCUT2D eigenvalue weighted by Gasteiger charge is -2.27. The predicted octanol–water partition coefficient (Wildman–Crippen LogP) is 8.03. The van der Waals surface area contributed by atoms with Crippen molar-refractivity contribution in [3.63, 3.8) is 0 Å². The van der Waals surface area contributed by atoms with Crippen molar-refractivity contribution in [2.45, 2.75) is 36.9 Å². The van der Waals surface area contributed by atoms with Crippen LogP contribution >= 0.6 is 34.8 Å². The average molecular weight is 787 g/mol. The van der Waals surface area contributed by atoms with E-state index in [1.54, 1.807) is 58.7 Å². The molecule has 0 unspecified atom stereocenters. The number of halogens is 7. The SMILES string of the molecule is CCOC(=O)c1cnc(-c2nc(N(Cc3ccc(OC)cc3)Cc3ccc(OC)cc3)cc(C)c2C(F)(F)F)c(F)c1NC(=O)NC(=O)C(Cl)(Cl)Cl. The third-order valence-corrected chi connectivity index (χ3v) is 7.85. The summed E-state index contributed by atoms with van der Waals surface area (Å²) in [7, 11) is 3.01. The Balaban J connectivity index is 1.92. The Morgan fingerprint density at radius 1 is 0.885 bits per heavy atom. The van der Waals surface area contributed by atoms with Gasteiger partial charge in [-0.25, -0.2) is 19.0 Å². The molecule has 276 valence electrons. The number of rotatable bonds is 11. The van der Waals surface area contributed by atoms with Gasteiger partial charge in [0.25, 0.3) is 9.70 Å². The third-order valence-electron chi connectivity index (χ3n) is 7.34. The number of nitrogens with zero attached hydrogens (tertiary/aromatic N) is 3. The van der Waals surface area contributed by atoms with Crippen LogP contribution in [0.4, 0.5) is 33.9 Å². The van der Waals surface area contributed by atoms with E-state index in [1.165, 1.54) is 34.1 Å². The molecule has 0 atom stereocenters. The van der Waals surface area contributed by atoms with Crippen LogP contribution in [0.2, 0.25) is 0 Å². The van der Waals surface area contributed by atoms with Gasteiger partial charge in [0.05, 0.1) is 32.1 Å². The zero-order chi connectivity index (χ0) is 38.4. The van der Waals surface area contributed by atoms with Crippen LogP contribution in [-0.2, 0) is 28.8 Å². The minimum atomic E-state index is -5.07. The smallest absolute Gasteiger partial charge is 0.418 e. The number of aromatic nitrogens is 2. The van der Waals surface area contributed by atoms with Crippen LogP contribution in [0.1, 0.15) is 39.5 Å². The summed E-state index contributed by atoms with van der Waals surface area (Å²) in [6.07, 6.45) is -4.36. The lowest BCUT2D eigenvalue weighted by molar-refractivity contribution is -0.137. The van der Waals surface area contributed by atoms with E-state index >= 15 is 4.39 Å². The van der Waals surface area contributed by atoms with Crippen LogP contribution in [0.3, 0.4) is 0 Å². The number of imide groups is 1. The number of urea groups is 1. The summed E-state index contributed by atoms with van der Waals surface area (Å²) >= 11 is 16.5. The maximum absolute atomic E-state index is 16.5. The Hall–Kier alpha value is -4.86. The molecule has 0 fully saturated rings. The van der Waals surface area contributed by atoms with Gasteiger partial charge in [-0.05, 0) is 60.9 Å². The molecule has 0 saturated carbocycles. The zero-order valence-electron chi connectivity index (χ0n) is 27.8. The van der Waals surface area contributed by atoms with E-state index in [2.05, 4.69) is 9.97 Å². The number of esters is 1. The first-order chi connectivity index (χ1) is 24.5. The molecule has 0 saturated heterocycles. The molecule has 2 aromatic carbocycles. The molecule has 0 spiro atoms. The summed E-state index contributed by atoms with van der Waals surface area (Å²) in [6, 6.07) is 13.7. The first-order valence-corrected chi connectivity index (χ1v) is 16.2. The van der Waals surface area contributed by atoms with Crippen LogP contribution in [-0.4, -0.2) is 52.5 Å². The summed E-state index contributed by atoms with van der Waals surface area (Å²) < 4.78 is 73.4. The molecule has 4 rings (SSSR count). The van der Waals surface area contributed by atoms with Crippen molar-refractivity contribution in [1.29, 1.82) is 0 Å². The maximum Gasteiger partial charge on any atom is 0.418 e. The summed E-state index contributed by atoms with van der Waals surface area (Å²) in [6.45, 7) is 2.69. The number of alkyl halides is 6. The predicted molar refractivity (Wildman–Crippen MR) is 186 cm³/mol. The number of carbonyl (C=O) groups is 3. The highest BCUT2D eigenvalue weighted by atomic mass is 35.6. The van der Waals surface area contributed by atoms with Crippen molar-refractivity contribution in [2.24, 2.45) is 0 Å². The number of amides is 3. The average Bonchev–Trinajstić information content (AvgIpc) is 3.08. The van der Waals surface area contributed by atoms with Gasteiger partial charge in [0, 0.05) is 19.3 Å². The fraction of sp³-hybridized carbons (Fsp3) is 0.265. The van der Waals surface area contributed by atoms with Crippen molar-refractivity contribution in [3.8, 4) is 22.9 Å². The monoisotopic (exact) mass is 785 g/mol. The zero-order valence-corrected chi connectivity index (χ0v) is 30.1. The second-order valence-corrected chi connectivity index (χ2v) is 13.2. The molecule has 0 aliphatic heterocycles. The van der Waals surface area contributed by atoms with E-state index in [4.69, 9.17) is 49.0 Å². The molecule has 4 aromatic rings. The molecule has 52 heavy (non-hydrogen) atoms. The third kappa shape index (κ3) is 9.72. The molecule has 2 N–H and O–H groups in total. The van der Waals surface area contributed by atoms with E-state index in [9.17, 15) is 27.6 Å². The number of benzene rings is 2. The molecule has 0 aliphatic carbocycles. The fourth-order valence-corrected chi connectivity index (χ4v) is 5.07. The second kappa shape index (κ2) is 16.7. The molecular formula is C34H30Cl3F4N5O6. The Labute approximate surface area is 310 Å². The van der Waals surface area contributed by atoms with Crippen LogP contribution < -0.4 is 25.0 Å². The van der Waals surface area contributed by atoms with Gasteiger partial charge >= 0.3 is 18.2 Å². The Kier molecular flexibility index (Phi) is 12.8. The van der Waals surface area contributed by atoms with E-state index in [0.29, 0.717) is 17.7 Å². The largest absolute Gasteiger partial charge is 0.497 e. The van der Waals surface area contributed by atoms with Gasteiger partial charge in [-0.3, -0.25) is 15.1 Å². The van der Waals surface area contributed by atoms with E-state index in [0.717, 1.165) is 11.1 Å². The molecule has 11 nitrogen and oxygen atoms in total. The first-order valence-electron chi connectivity index (χ1n) is 15.1. The van der Waals surface area contributed by atoms with Gasteiger partial charge in [0.1, 0.15) is 34.3 Å². The molecule has 2 heterocycles. The Morgan fingerprint density at radius 3 is 1.88 bits per heavy atom. The Bertz CT molecular complexity index is 1890. The quantitative estimate of drug-likeness (QED) is 0.0882. The number of nitrogens with one attached hydrogen (secondary N) is 2. The summed E-state index contributed by atoms with van der Waals surface area (Å²) in [5, 5.41) is 3.56. The summed E-state index contributed by atoms with van der Waals surface area (Å²) in [4.78, 5) is 47.3. The lowest BCUT2D eigenvalue weighted by atomic mass is 10.0. The van der Waals surface area contributed by atoms with Crippen LogP contribution in [0.15, 0.2) is 60.8 Å². The van der Waals surface area contributed by atoms with E-state index in [-0.39, 0.29) is 31.1 Å². The topological polar surface area (TPSA) is 132 Å². The standard InChI is InChI=1S/C34H30Cl3F4N5O6/c1-5-52-30(47)23-15-42-29(26(38)27(23)44-32(49)45-31(48)33(35,36)37)28-25(34(39,40)41)18(2)14-24(43-28)46(16-19-6-10-21(50-3)11-7-19)17-20-8-12-22(51-4)13-9-20/h6-15H,5,16-17H2,1-4H3,(H2,42,44,45,48,49). The number of pyridine rings is 2. The number of ether oxygens (including phenoxy) is 3. The van der Waals surface area contributed by atoms with Crippen molar-refractivity contribution in [3.05, 3.63) is 94.4 Å². The van der Waals surface area contributed by atoms with Gasteiger partial charge in [-0.2, -0.15) is 13.2 Å². The van der Waals surface area contributed by atoms with Crippen molar-refractivity contribution >= 4 is 64.2 Å². The van der Waals surface area contributed by atoms with Crippen molar-refractivity contribution in [1.82, 2.24) is 15.3 Å². The highest BCUT2D eigenvalue weighted by Gasteiger charge is 2.39. The second-order valence-electron chi connectivity index (χ2n) is 10.9. The molecular weight excluding hydrogens is 757 g/mol. The molecule has 0 bridgehead atoms. The van der Waals surface area contributed by atoms with Crippen molar-refractivity contribution in [2.75, 3.05) is 31.0 Å². The number of aryl methyl sites for hydroxylation is 1. The number of methoxy groups -OCH3 is 2. The lowest BCUT2D eigenvalue weighted by Crippen LogP contribution is -2.41. The first kappa shape index (κ1) is 39.9. The van der Waals surface area contributed by atoms with Gasteiger partial charge in [-0.1, -0.05) is 59.1 Å². The van der Waals surface area contributed by atoms with Gasteiger partial charge in [-0.15, -0.1) is 0 Å². The van der Waals surface area contributed by atoms with E-state index in [1.807, 2.05) is 5.32 Å². The fourth-order valence-electron chi connectivity index (χ4n) is 4.92. The number of hydrogen-bond acceptors (Lipinski definition) is 9. The molecule has 0 aliphatic rings. The van der Waals surface area contributed by atoms with Crippen molar-refractivity contribution < 1.29 is 46.2 Å².